The molecule has 0 heterocycles. The van der Waals surface area contributed by atoms with Gasteiger partial charge in [0.25, 0.3) is 0 Å². The second kappa shape index (κ2) is 5.79. The quantitative estimate of drug-likeness (QED) is 0.484. The van der Waals surface area contributed by atoms with Gasteiger partial charge in [-0.2, -0.15) is 0 Å². The number of aldehydes is 1. The number of ether oxygens (including phenoxy) is 1. The lowest BCUT2D eigenvalue weighted by atomic mass is 9.94. The molecule has 0 aliphatic heterocycles. The lowest BCUT2D eigenvalue weighted by Crippen LogP contribution is -2.37. The van der Waals surface area contributed by atoms with Crippen LogP contribution in [0.15, 0.2) is 18.2 Å². The van der Waals surface area contributed by atoms with Crippen LogP contribution in [0.25, 0.3) is 0 Å². The third-order valence-electron chi connectivity index (χ3n) is 3.08. The third-order valence-corrected chi connectivity index (χ3v) is 3.08. The molecule has 1 aromatic rings. The molecule has 104 valence electrons. The van der Waals surface area contributed by atoms with E-state index in [0.29, 0.717) is 6.29 Å². The van der Waals surface area contributed by atoms with Crippen LogP contribution >= 0.6 is 0 Å². The van der Waals surface area contributed by atoms with Crippen molar-refractivity contribution in [1.82, 2.24) is 0 Å². The largest absolute Gasteiger partial charge is 0.484 e. The van der Waals surface area contributed by atoms with Crippen molar-refractivity contribution < 1.29 is 19.6 Å². The van der Waals surface area contributed by atoms with Gasteiger partial charge in [0, 0.05) is 11.6 Å². The molecule has 0 bridgehead atoms. The van der Waals surface area contributed by atoms with Crippen molar-refractivity contribution in [3.63, 3.8) is 0 Å². The van der Waals surface area contributed by atoms with Crippen molar-refractivity contribution in [2.24, 2.45) is 5.92 Å². The number of nitrogens with zero attached hydrogens (tertiary/aromatic N) is 1. The van der Waals surface area contributed by atoms with Gasteiger partial charge in [0.15, 0.2) is 5.75 Å². The highest BCUT2D eigenvalue weighted by Gasteiger charge is 2.27. The minimum Gasteiger partial charge on any atom is -0.484 e. The van der Waals surface area contributed by atoms with Crippen molar-refractivity contribution in [2.45, 2.75) is 26.4 Å². The molecule has 6 nitrogen and oxygen atoms in total. The van der Waals surface area contributed by atoms with Crippen LogP contribution in [0.3, 0.4) is 0 Å². The molecule has 1 atom stereocenters. The molecule has 0 aliphatic rings. The average Bonchev–Trinajstić information content (AvgIpc) is 2.35. The number of hydrogen-bond donors (Lipinski definition) is 1. The summed E-state index contributed by atoms with van der Waals surface area (Å²) in [6.45, 7) is 5.19. The molecule has 0 aromatic heterocycles. The van der Waals surface area contributed by atoms with Crippen LogP contribution in [0.4, 0.5) is 5.69 Å². The first-order valence-electron chi connectivity index (χ1n) is 5.86. The van der Waals surface area contributed by atoms with E-state index in [-0.39, 0.29) is 29.5 Å². The minimum absolute atomic E-state index is 0.0384. The van der Waals surface area contributed by atoms with Gasteiger partial charge in [-0.25, -0.2) is 0 Å². The summed E-state index contributed by atoms with van der Waals surface area (Å²) in [6.07, 6.45) is 0.529. The predicted molar refractivity (Wildman–Crippen MR) is 69.4 cm³/mol. The van der Waals surface area contributed by atoms with E-state index in [0.717, 1.165) is 6.07 Å². The Labute approximate surface area is 111 Å². The third kappa shape index (κ3) is 3.75. The molecule has 0 aliphatic carbocycles. The summed E-state index contributed by atoms with van der Waals surface area (Å²) in [6, 6.07) is 3.93. The molecule has 0 amide bonds. The molecule has 0 spiro atoms. The van der Waals surface area contributed by atoms with Crippen LogP contribution in [-0.4, -0.2) is 28.5 Å². The van der Waals surface area contributed by atoms with E-state index in [1.807, 2.05) is 13.8 Å². The Hall–Kier alpha value is -1.95. The first-order valence-corrected chi connectivity index (χ1v) is 5.86. The highest BCUT2D eigenvalue weighted by atomic mass is 16.6. The van der Waals surface area contributed by atoms with Crippen molar-refractivity contribution in [3.8, 4) is 5.75 Å². The average molecular weight is 267 g/mol. The maximum absolute atomic E-state index is 10.9. The number of nitro benzene ring substituents is 1. The molecule has 6 heteroatoms. The number of aliphatic hydroxyl groups is 1. The maximum Gasteiger partial charge on any atom is 0.311 e. The topological polar surface area (TPSA) is 89.7 Å². The number of benzene rings is 1. The Kier molecular flexibility index (Phi) is 4.61. The molecular weight excluding hydrogens is 250 g/mol. The Morgan fingerprint density at radius 3 is 2.63 bits per heavy atom. The fourth-order valence-electron chi connectivity index (χ4n) is 1.26. The summed E-state index contributed by atoms with van der Waals surface area (Å²) < 4.78 is 5.32. The molecule has 19 heavy (non-hydrogen) atoms. The maximum atomic E-state index is 10.9. The Balaban J connectivity index is 2.95. The van der Waals surface area contributed by atoms with Gasteiger partial charge in [-0.15, -0.1) is 0 Å². The first-order chi connectivity index (χ1) is 8.77. The zero-order valence-corrected chi connectivity index (χ0v) is 11.1. The van der Waals surface area contributed by atoms with Crippen molar-refractivity contribution in [2.75, 3.05) is 6.61 Å². The summed E-state index contributed by atoms with van der Waals surface area (Å²) in [5, 5.41) is 20.9. The van der Waals surface area contributed by atoms with E-state index in [4.69, 9.17) is 4.74 Å². The van der Waals surface area contributed by atoms with Crippen molar-refractivity contribution in [3.05, 3.63) is 33.9 Å². The molecule has 1 N–H and O–H groups in total. The van der Waals surface area contributed by atoms with E-state index in [2.05, 4.69) is 0 Å². The van der Waals surface area contributed by atoms with Crippen molar-refractivity contribution in [1.29, 1.82) is 0 Å². The highest BCUT2D eigenvalue weighted by molar-refractivity contribution is 5.77. The minimum atomic E-state index is -1.09. The van der Waals surface area contributed by atoms with Gasteiger partial charge in [-0.1, -0.05) is 13.8 Å². The van der Waals surface area contributed by atoms with E-state index in [9.17, 15) is 20.0 Å². The smallest absolute Gasteiger partial charge is 0.311 e. The van der Waals surface area contributed by atoms with Gasteiger partial charge >= 0.3 is 5.69 Å². The SMILES string of the molecule is CC(C)C(C)(O)COc1ccc(C=O)cc1[N+](=O)[O-]. The summed E-state index contributed by atoms with van der Waals surface area (Å²) in [4.78, 5) is 20.9. The van der Waals surface area contributed by atoms with Gasteiger partial charge in [0.05, 0.1) is 10.5 Å². The van der Waals surface area contributed by atoms with E-state index in [1.54, 1.807) is 6.92 Å². The van der Waals surface area contributed by atoms with Crippen LogP contribution in [0.2, 0.25) is 0 Å². The van der Waals surface area contributed by atoms with Gasteiger partial charge in [0.1, 0.15) is 12.9 Å². The standard InChI is InChI=1S/C13H17NO5/c1-9(2)13(3,16)8-19-12-5-4-10(7-15)6-11(12)14(17)18/h4-7,9,16H,8H2,1-3H3. The fraction of sp³-hybridized carbons (Fsp3) is 0.462. The summed E-state index contributed by atoms with van der Waals surface area (Å²) in [7, 11) is 0. The number of hydrogen-bond acceptors (Lipinski definition) is 5. The second-order valence-electron chi connectivity index (χ2n) is 4.90. The highest BCUT2D eigenvalue weighted by Crippen LogP contribution is 2.29. The molecule has 0 fully saturated rings. The number of rotatable bonds is 6. The summed E-state index contributed by atoms with van der Waals surface area (Å²) in [5.74, 6) is -0.0164. The normalized spacial score (nSPS) is 13.9. The number of nitro groups is 1. The molecule has 1 unspecified atom stereocenters. The van der Waals surface area contributed by atoms with Crippen LogP contribution in [0.5, 0.6) is 5.75 Å². The Bertz CT molecular complexity index is 482. The predicted octanol–water partition coefficient (Wildman–Crippen LogP) is 2.19. The van der Waals surface area contributed by atoms with Crippen LogP contribution in [0.1, 0.15) is 31.1 Å². The van der Waals surface area contributed by atoms with Gasteiger partial charge in [0.2, 0.25) is 0 Å². The summed E-state index contributed by atoms with van der Waals surface area (Å²) >= 11 is 0. The van der Waals surface area contributed by atoms with Crippen LogP contribution < -0.4 is 4.74 Å². The molecule has 0 saturated carbocycles. The number of carbonyl (C=O) groups excluding carboxylic acids is 1. The van der Waals surface area contributed by atoms with Gasteiger partial charge < -0.3 is 9.84 Å². The van der Waals surface area contributed by atoms with Gasteiger partial charge in [-0.05, 0) is 25.0 Å². The van der Waals surface area contributed by atoms with Crippen LogP contribution in [0, 0.1) is 16.0 Å². The molecular formula is C13H17NO5. The van der Waals surface area contributed by atoms with Crippen molar-refractivity contribution >= 4 is 12.0 Å². The molecule has 0 radical (unpaired) electrons. The Morgan fingerprint density at radius 2 is 2.16 bits per heavy atom. The number of carbonyl (C=O) groups is 1. The Morgan fingerprint density at radius 1 is 1.53 bits per heavy atom. The molecule has 1 rings (SSSR count). The van der Waals surface area contributed by atoms with E-state index >= 15 is 0 Å². The first kappa shape index (κ1) is 15.1. The second-order valence-corrected chi connectivity index (χ2v) is 4.90. The monoisotopic (exact) mass is 267 g/mol. The van der Waals surface area contributed by atoms with E-state index in [1.165, 1.54) is 12.1 Å². The molecule has 1 aromatic carbocycles. The fourth-order valence-corrected chi connectivity index (χ4v) is 1.26. The van der Waals surface area contributed by atoms with Gasteiger partial charge in [-0.3, -0.25) is 14.9 Å². The van der Waals surface area contributed by atoms with Crippen LogP contribution in [-0.2, 0) is 0 Å². The zero-order chi connectivity index (χ0) is 14.6. The lowest BCUT2D eigenvalue weighted by Gasteiger charge is -2.27. The molecule has 0 saturated heterocycles. The lowest BCUT2D eigenvalue weighted by molar-refractivity contribution is -0.386. The zero-order valence-electron chi connectivity index (χ0n) is 11.1. The summed E-state index contributed by atoms with van der Waals surface area (Å²) in [5.41, 5.74) is -1.17. The van der Waals surface area contributed by atoms with E-state index < -0.39 is 10.5 Å².